The number of aliphatic hydroxyl groups excluding tert-OH is 1. The summed E-state index contributed by atoms with van der Waals surface area (Å²) in [4.78, 5) is 22.7. The number of phosphoric ester groups is 1. The molecule has 3 atom stereocenters. The van der Waals surface area contributed by atoms with Gasteiger partial charge < -0.3 is 21.1 Å². The average molecular weight is 753 g/mol. The van der Waals surface area contributed by atoms with Crippen LogP contribution in [0.5, 0.6) is 0 Å². The maximum absolute atomic E-state index is 12.8. The van der Waals surface area contributed by atoms with E-state index in [1.807, 2.05) is 0 Å². The molecule has 0 rings (SSSR count). The highest BCUT2D eigenvalue weighted by atomic mass is 31.2. The van der Waals surface area contributed by atoms with Crippen molar-refractivity contribution >= 4 is 13.7 Å². The third kappa shape index (κ3) is 36.8. The summed E-state index contributed by atoms with van der Waals surface area (Å²) < 4.78 is 22.1. The first-order valence-corrected chi connectivity index (χ1v) is 22.7. The summed E-state index contributed by atoms with van der Waals surface area (Å²) in [5.41, 5.74) is 5.37. The first-order valence-electron chi connectivity index (χ1n) is 21.3. The van der Waals surface area contributed by atoms with Crippen molar-refractivity contribution < 1.29 is 28.4 Å². The predicted octanol–water partition coefficient (Wildman–Crippen LogP) is 11.7. The van der Waals surface area contributed by atoms with E-state index in [0.717, 1.165) is 70.6 Å². The zero-order valence-corrected chi connectivity index (χ0v) is 34.4. The van der Waals surface area contributed by atoms with Crippen LogP contribution in [0, 0.1) is 0 Å². The molecule has 0 bridgehead atoms. The van der Waals surface area contributed by atoms with E-state index in [0.29, 0.717) is 12.8 Å². The van der Waals surface area contributed by atoms with Crippen LogP contribution in [0.15, 0.2) is 48.6 Å². The third-order valence-electron chi connectivity index (χ3n) is 9.20. The molecule has 0 spiro atoms. The Bertz CT molecular complexity index is 954. The van der Waals surface area contributed by atoms with Crippen molar-refractivity contribution in [3.8, 4) is 0 Å². The molecule has 52 heavy (non-hydrogen) atoms. The summed E-state index contributed by atoms with van der Waals surface area (Å²) in [5, 5.41) is 13.8. The van der Waals surface area contributed by atoms with E-state index in [4.69, 9.17) is 14.8 Å². The monoisotopic (exact) mass is 753 g/mol. The van der Waals surface area contributed by atoms with Gasteiger partial charge in [0.1, 0.15) is 0 Å². The smallest absolute Gasteiger partial charge is 0.391 e. The second-order valence-corrected chi connectivity index (χ2v) is 15.6. The molecule has 304 valence electrons. The molecule has 0 heterocycles. The Labute approximate surface area is 320 Å². The van der Waals surface area contributed by atoms with Crippen LogP contribution in [-0.4, -0.2) is 47.8 Å². The predicted molar refractivity (Wildman–Crippen MR) is 221 cm³/mol. The molecule has 8 nitrogen and oxygen atoms in total. The standard InChI is InChI=1S/C43H81N2O6P/c1-3-5-7-9-11-13-15-17-18-19-20-21-22-23-24-25-27-29-31-33-35-37-43(47)45-41(40-51-52(48,49)50-39-38-44)42(46)36-34-32-30-28-26-16-14-12-10-8-6-4-2/h5,7,11,13,17-18,20-21,41-42,46H,3-4,6,8-10,12,14-16,19,22-40,44H2,1-2H3,(H,45,47)(H,48,49)/b7-5-,13-11-,18-17-,21-20-. The van der Waals surface area contributed by atoms with Gasteiger partial charge in [-0.25, -0.2) is 4.57 Å². The van der Waals surface area contributed by atoms with Crippen LogP contribution in [0.2, 0.25) is 0 Å². The van der Waals surface area contributed by atoms with Crippen LogP contribution < -0.4 is 11.1 Å². The van der Waals surface area contributed by atoms with Crippen molar-refractivity contribution in [2.75, 3.05) is 19.8 Å². The lowest BCUT2D eigenvalue weighted by Crippen LogP contribution is -2.46. The van der Waals surface area contributed by atoms with Crippen LogP contribution in [0.3, 0.4) is 0 Å². The van der Waals surface area contributed by atoms with E-state index in [1.54, 1.807) is 0 Å². The summed E-state index contributed by atoms with van der Waals surface area (Å²) in [7, 11) is -4.32. The molecule has 1 amide bonds. The molecule has 9 heteroatoms. The maximum atomic E-state index is 12.8. The van der Waals surface area contributed by atoms with Gasteiger partial charge in [0.25, 0.3) is 0 Å². The summed E-state index contributed by atoms with van der Waals surface area (Å²) in [5.74, 6) is -0.172. The Balaban J connectivity index is 4.15. The van der Waals surface area contributed by atoms with E-state index in [-0.39, 0.29) is 25.7 Å². The number of rotatable bonds is 39. The third-order valence-corrected chi connectivity index (χ3v) is 10.2. The fraction of sp³-hybridized carbons (Fsp3) is 0.791. The number of carbonyl (C=O) groups is 1. The minimum absolute atomic E-state index is 0.0857. The molecular weight excluding hydrogens is 671 g/mol. The van der Waals surface area contributed by atoms with Crippen LogP contribution in [0.4, 0.5) is 0 Å². The van der Waals surface area contributed by atoms with Crippen LogP contribution in [0.1, 0.15) is 187 Å². The van der Waals surface area contributed by atoms with Crippen molar-refractivity contribution in [3.05, 3.63) is 48.6 Å². The Hall–Kier alpha value is -1.54. The number of unbranched alkanes of at least 4 members (excludes halogenated alkanes) is 19. The Morgan fingerprint density at radius 3 is 1.63 bits per heavy atom. The number of carbonyl (C=O) groups excluding carboxylic acids is 1. The quantitative estimate of drug-likeness (QED) is 0.0279. The Morgan fingerprint density at radius 1 is 0.654 bits per heavy atom. The van der Waals surface area contributed by atoms with Gasteiger partial charge in [-0.05, 0) is 51.4 Å². The highest BCUT2D eigenvalue weighted by molar-refractivity contribution is 7.47. The first kappa shape index (κ1) is 50.5. The number of aliphatic hydroxyl groups is 1. The second-order valence-electron chi connectivity index (χ2n) is 14.2. The minimum atomic E-state index is -4.32. The van der Waals surface area contributed by atoms with Crippen molar-refractivity contribution in [1.29, 1.82) is 0 Å². The number of nitrogens with two attached hydrogens (primary N) is 1. The molecule has 0 aromatic heterocycles. The molecule has 0 aromatic rings. The van der Waals surface area contributed by atoms with E-state index >= 15 is 0 Å². The summed E-state index contributed by atoms with van der Waals surface area (Å²) in [6, 6.07) is -0.779. The highest BCUT2D eigenvalue weighted by Crippen LogP contribution is 2.43. The number of phosphoric acid groups is 1. The Morgan fingerprint density at radius 2 is 1.12 bits per heavy atom. The largest absolute Gasteiger partial charge is 0.472 e. The molecule has 0 saturated carbocycles. The van der Waals surface area contributed by atoms with Gasteiger partial charge in [0.15, 0.2) is 0 Å². The summed E-state index contributed by atoms with van der Waals surface area (Å²) >= 11 is 0. The molecule has 3 unspecified atom stereocenters. The van der Waals surface area contributed by atoms with Gasteiger partial charge >= 0.3 is 7.82 Å². The first-order chi connectivity index (χ1) is 25.4. The highest BCUT2D eigenvalue weighted by Gasteiger charge is 2.27. The molecule has 0 aliphatic rings. The lowest BCUT2D eigenvalue weighted by atomic mass is 10.0. The molecule has 0 saturated heterocycles. The SMILES string of the molecule is CC/C=C\C/C=C\C/C=C\C/C=C\CCCCCCCCCCC(=O)NC(COP(=O)(O)OCCN)C(O)CCCCCCCCCCCCCC. The fourth-order valence-electron chi connectivity index (χ4n) is 6.01. The van der Waals surface area contributed by atoms with Gasteiger partial charge in [0.05, 0.1) is 25.4 Å². The number of amides is 1. The Kier molecular flexibility index (Phi) is 38.0. The van der Waals surface area contributed by atoms with Gasteiger partial charge in [0, 0.05) is 13.0 Å². The fourth-order valence-corrected chi connectivity index (χ4v) is 6.77. The number of allylic oxidation sites excluding steroid dienone is 8. The number of hydrogen-bond donors (Lipinski definition) is 4. The lowest BCUT2D eigenvalue weighted by Gasteiger charge is -2.25. The van der Waals surface area contributed by atoms with Crippen LogP contribution >= 0.6 is 7.82 Å². The summed E-state index contributed by atoms with van der Waals surface area (Å²) in [6.07, 6.45) is 46.9. The average Bonchev–Trinajstić information content (AvgIpc) is 3.13. The topological polar surface area (TPSA) is 131 Å². The van der Waals surface area contributed by atoms with E-state index < -0.39 is 20.0 Å². The van der Waals surface area contributed by atoms with Crippen molar-refractivity contribution in [1.82, 2.24) is 5.32 Å². The maximum Gasteiger partial charge on any atom is 0.472 e. The molecular formula is C43H81N2O6P. The zero-order chi connectivity index (χ0) is 38.2. The molecule has 5 N–H and O–H groups in total. The zero-order valence-electron chi connectivity index (χ0n) is 33.5. The van der Waals surface area contributed by atoms with Gasteiger partial charge in [-0.2, -0.15) is 0 Å². The molecule has 0 aromatic carbocycles. The second kappa shape index (κ2) is 39.2. The van der Waals surface area contributed by atoms with Crippen molar-refractivity contribution in [2.24, 2.45) is 5.73 Å². The van der Waals surface area contributed by atoms with Crippen molar-refractivity contribution in [2.45, 2.75) is 199 Å². The van der Waals surface area contributed by atoms with Crippen LogP contribution in [-0.2, 0) is 18.4 Å². The van der Waals surface area contributed by atoms with E-state index in [9.17, 15) is 19.4 Å². The molecule has 0 aliphatic heterocycles. The molecule has 0 fully saturated rings. The van der Waals surface area contributed by atoms with Crippen LogP contribution in [0.25, 0.3) is 0 Å². The minimum Gasteiger partial charge on any atom is -0.391 e. The molecule has 0 aliphatic carbocycles. The van der Waals surface area contributed by atoms with Crippen molar-refractivity contribution in [3.63, 3.8) is 0 Å². The van der Waals surface area contributed by atoms with E-state index in [2.05, 4.69) is 67.8 Å². The van der Waals surface area contributed by atoms with Gasteiger partial charge in [-0.1, -0.05) is 178 Å². The normalized spacial score (nSPS) is 14.6. The number of hydrogen-bond acceptors (Lipinski definition) is 6. The molecule has 0 radical (unpaired) electrons. The van der Waals surface area contributed by atoms with Gasteiger partial charge in [0.2, 0.25) is 5.91 Å². The van der Waals surface area contributed by atoms with Gasteiger partial charge in [-0.3, -0.25) is 13.8 Å². The lowest BCUT2D eigenvalue weighted by molar-refractivity contribution is -0.123. The van der Waals surface area contributed by atoms with Gasteiger partial charge in [-0.15, -0.1) is 0 Å². The summed E-state index contributed by atoms with van der Waals surface area (Å²) in [6.45, 7) is 4.07. The number of nitrogens with one attached hydrogen (secondary N) is 1. The van der Waals surface area contributed by atoms with E-state index in [1.165, 1.54) is 89.9 Å².